The number of thiophene rings is 1. The molecule has 0 fully saturated rings. The molecule has 2 rings (SSSR count). The molecule has 0 aliphatic heterocycles. The Kier molecular flexibility index (Phi) is 3.61. The number of nitrogens with zero attached hydrogens (tertiary/aromatic N) is 2. The highest BCUT2D eigenvalue weighted by atomic mass is 35.5. The maximum Gasteiger partial charge on any atom is 0.138 e. The zero-order valence-electron chi connectivity index (χ0n) is 9.27. The minimum atomic E-state index is 0.301. The number of nitrogens with one attached hydrogen (secondary N) is 1. The molecule has 0 bridgehead atoms. The Morgan fingerprint density at radius 1 is 1.44 bits per heavy atom. The molecule has 2 aromatic rings. The van der Waals surface area contributed by atoms with Gasteiger partial charge in [-0.2, -0.15) is 0 Å². The van der Waals surface area contributed by atoms with Gasteiger partial charge in [-0.1, -0.05) is 6.92 Å². The Hall–Kier alpha value is -0.870. The van der Waals surface area contributed by atoms with Crippen LogP contribution < -0.4 is 5.32 Å². The van der Waals surface area contributed by atoms with Gasteiger partial charge in [-0.25, -0.2) is 9.97 Å². The summed E-state index contributed by atoms with van der Waals surface area (Å²) < 4.78 is 0. The fourth-order valence-electron chi connectivity index (χ4n) is 1.40. The van der Waals surface area contributed by atoms with Crippen molar-refractivity contribution in [3.05, 3.63) is 17.8 Å². The van der Waals surface area contributed by atoms with Gasteiger partial charge >= 0.3 is 0 Å². The second-order valence-electron chi connectivity index (χ2n) is 3.93. The van der Waals surface area contributed by atoms with Crippen molar-refractivity contribution in [2.24, 2.45) is 5.92 Å². The summed E-state index contributed by atoms with van der Waals surface area (Å²) in [5.74, 6) is 1.95. The Labute approximate surface area is 104 Å². The van der Waals surface area contributed by atoms with Crippen LogP contribution in [0.1, 0.15) is 13.8 Å². The van der Waals surface area contributed by atoms with E-state index < -0.39 is 0 Å². The summed E-state index contributed by atoms with van der Waals surface area (Å²) in [4.78, 5) is 9.51. The van der Waals surface area contributed by atoms with Crippen molar-refractivity contribution in [3.63, 3.8) is 0 Å². The minimum absolute atomic E-state index is 0.301. The highest BCUT2D eigenvalue weighted by molar-refractivity contribution is 7.16. The van der Waals surface area contributed by atoms with Crippen molar-refractivity contribution in [2.45, 2.75) is 19.9 Å². The molecule has 0 aromatic carbocycles. The highest BCUT2D eigenvalue weighted by Gasteiger charge is 2.13. The molecule has 0 saturated carbocycles. The van der Waals surface area contributed by atoms with Gasteiger partial charge in [0.1, 0.15) is 17.0 Å². The second kappa shape index (κ2) is 4.97. The number of hydrogen-bond donors (Lipinski definition) is 1. The van der Waals surface area contributed by atoms with Crippen molar-refractivity contribution < 1.29 is 0 Å². The maximum absolute atomic E-state index is 5.84. The molecule has 2 heterocycles. The molecule has 0 aliphatic carbocycles. The second-order valence-corrected chi connectivity index (χ2v) is 5.13. The van der Waals surface area contributed by atoms with E-state index in [1.54, 1.807) is 17.7 Å². The summed E-state index contributed by atoms with van der Waals surface area (Å²) in [6.07, 6.45) is 1.60. The summed E-state index contributed by atoms with van der Waals surface area (Å²) in [5.41, 5.74) is 0. The molecular formula is C11H14ClN3S. The number of rotatable bonds is 4. The summed E-state index contributed by atoms with van der Waals surface area (Å²) in [5, 5.41) is 6.51. The molecule has 0 spiro atoms. The van der Waals surface area contributed by atoms with Crippen LogP contribution in [-0.2, 0) is 0 Å². The molecule has 0 radical (unpaired) electrons. The van der Waals surface area contributed by atoms with Crippen LogP contribution in [0.3, 0.4) is 0 Å². The molecule has 86 valence electrons. The number of aromatic nitrogens is 2. The lowest BCUT2D eigenvalue weighted by atomic mass is 10.1. The fourth-order valence-corrected chi connectivity index (χ4v) is 2.40. The fraction of sp³-hybridized carbons (Fsp3) is 0.455. The molecule has 2 unspecified atom stereocenters. The first-order valence-electron chi connectivity index (χ1n) is 5.23. The number of fused-ring (bicyclic) bond motifs is 1. The van der Waals surface area contributed by atoms with Crippen LogP contribution in [0.15, 0.2) is 17.8 Å². The van der Waals surface area contributed by atoms with Crippen LogP contribution in [0.2, 0.25) is 0 Å². The minimum Gasteiger partial charge on any atom is -0.367 e. The van der Waals surface area contributed by atoms with Gasteiger partial charge in [-0.15, -0.1) is 22.9 Å². The molecule has 0 amide bonds. The maximum atomic E-state index is 5.84. The predicted octanol–water partition coefficient (Wildman–Crippen LogP) is 3.37. The molecular weight excluding hydrogens is 242 g/mol. The lowest BCUT2D eigenvalue weighted by Crippen LogP contribution is -2.25. The quantitative estimate of drug-likeness (QED) is 0.852. The van der Waals surface area contributed by atoms with E-state index in [4.69, 9.17) is 11.6 Å². The van der Waals surface area contributed by atoms with Crippen LogP contribution in [0.5, 0.6) is 0 Å². The Bertz CT molecular complexity index is 471. The topological polar surface area (TPSA) is 37.8 Å². The average Bonchev–Trinajstić information content (AvgIpc) is 2.77. The number of anilines is 1. The lowest BCUT2D eigenvalue weighted by Gasteiger charge is -2.19. The first-order chi connectivity index (χ1) is 7.72. The van der Waals surface area contributed by atoms with Crippen LogP contribution in [0.25, 0.3) is 10.2 Å². The molecule has 0 aliphatic rings. The third-order valence-electron chi connectivity index (χ3n) is 2.72. The van der Waals surface area contributed by atoms with Gasteiger partial charge in [-0.3, -0.25) is 0 Å². The van der Waals surface area contributed by atoms with Crippen molar-refractivity contribution in [1.29, 1.82) is 0 Å². The molecule has 1 N–H and O–H groups in total. The van der Waals surface area contributed by atoms with Crippen molar-refractivity contribution in [3.8, 4) is 0 Å². The molecule has 3 nitrogen and oxygen atoms in total. The Balaban J connectivity index is 2.23. The van der Waals surface area contributed by atoms with Gasteiger partial charge < -0.3 is 5.32 Å². The largest absolute Gasteiger partial charge is 0.367 e. The number of halogens is 1. The van der Waals surface area contributed by atoms with Gasteiger partial charge in [0.2, 0.25) is 0 Å². The zero-order valence-corrected chi connectivity index (χ0v) is 10.8. The van der Waals surface area contributed by atoms with E-state index in [9.17, 15) is 0 Å². The van der Waals surface area contributed by atoms with E-state index >= 15 is 0 Å². The van der Waals surface area contributed by atoms with Crippen molar-refractivity contribution in [2.75, 3.05) is 11.2 Å². The van der Waals surface area contributed by atoms with E-state index in [2.05, 4.69) is 29.1 Å². The molecule has 2 atom stereocenters. The van der Waals surface area contributed by atoms with Crippen LogP contribution in [0, 0.1) is 5.92 Å². The number of alkyl halides is 1. The van der Waals surface area contributed by atoms with E-state index in [1.165, 1.54) is 0 Å². The summed E-state index contributed by atoms with van der Waals surface area (Å²) >= 11 is 7.47. The highest BCUT2D eigenvalue weighted by Crippen LogP contribution is 2.25. The molecule has 2 aromatic heterocycles. The summed E-state index contributed by atoms with van der Waals surface area (Å²) in [6, 6.07) is 2.34. The van der Waals surface area contributed by atoms with Gasteiger partial charge in [0, 0.05) is 11.9 Å². The smallest absolute Gasteiger partial charge is 0.138 e. The van der Waals surface area contributed by atoms with Crippen LogP contribution >= 0.6 is 22.9 Å². The Morgan fingerprint density at radius 3 is 3.00 bits per heavy atom. The van der Waals surface area contributed by atoms with Gasteiger partial charge in [0.05, 0.1) is 5.39 Å². The Morgan fingerprint density at radius 2 is 2.25 bits per heavy atom. The van der Waals surface area contributed by atoms with E-state index in [-0.39, 0.29) is 0 Å². The summed E-state index contributed by atoms with van der Waals surface area (Å²) in [6.45, 7) is 4.24. The van der Waals surface area contributed by atoms with Crippen LogP contribution in [-0.4, -0.2) is 21.9 Å². The van der Waals surface area contributed by atoms with Gasteiger partial charge in [0.25, 0.3) is 0 Å². The van der Waals surface area contributed by atoms with Crippen molar-refractivity contribution in [1.82, 2.24) is 9.97 Å². The third kappa shape index (κ3) is 2.28. The third-order valence-corrected chi connectivity index (χ3v) is 4.03. The van der Waals surface area contributed by atoms with E-state index in [0.717, 1.165) is 16.0 Å². The van der Waals surface area contributed by atoms with E-state index in [0.29, 0.717) is 17.8 Å². The average molecular weight is 256 g/mol. The molecule has 5 heteroatoms. The zero-order chi connectivity index (χ0) is 11.5. The summed E-state index contributed by atoms with van der Waals surface area (Å²) in [7, 11) is 0. The van der Waals surface area contributed by atoms with Gasteiger partial charge in [0.15, 0.2) is 0 Å². The predicted molar refractivity (Wildman–Crippen MR) is 70.4 cm³/mol. The normalized spacial score (nSPS) is 14.9. The van der Waals surface area contributed by atoms with Crippen LogP contribution in [0.4, 0.5) is 5.82 Å². The van der Waals surface area contributed by atoms with Gasteiger partial charge in [-0.05, 0) is 24.3 Å². The molecule has 0 saturated heterocycles. The first-order valence-corrected chi connectivity index (χ1v) is 6.64. The SMILES string of the molecule is CC(CCl)C(C)Nc1ncnc2sccc12. The first kappa shape index (κ1) is 11.6. The van der Waals surface area contributed by atoms with Crippen molar-refractivity contribution >= 4 is 39.0 Å². The van der Waals surface area contributed by atoms with E-state index in [1.807, 2.05) is 11.4 Å². The molecule has 16 heavy (non-hydrogen) atoms. The number of hydrogen-bond acceptors (Lipinski definition) is 4. The monoisotopic (exact) mass is 255 g/mol. The standard InChI is InChI=1S/C11H14ClN3S/c1-7(5-12)8(2)15-10-9-3-4-16-11(9)14-6-13-10/h3-4,6-8H,5H2,1-2H3,(H,13,14,15). The lowest BCUT2D eigenvalue weighted by molar-refractivity contribution is 0.565.